The number of carbonyl (C=O) groups excluding carboxylic acids is 2. The van der Waals surface area contributed by atoms with Gasteiger partial charge in [-0.3, -0.25) is 14.4 Å². The average Bonchev–Trinajstić information content (AvgIpc) is 2.91. The molecule has 37 heavy (non-hydrogen) atoms. The maximum atomic E-state index is 12.6. The van der Waals surface area contributed by atoms with Gasteiger partial charge in [-0.25, -0.2) is 0 Å². The van der Waals surface area contributed by atoms with Crippen LogP contribution in [0.3, 0.4) is 0 Å². The number of nitrogens with one attached hydrogen (secondary N) is 1. The Balaban J connectivity index is 1.17. The number of hydrogen-bond donors (Lipinski definition) is 1. The lowest BCUT2D eigenvalue weighted by Gasteiger charge is -2.34. The normalized spacial score (nSPS) is 16.2. The van der Waals surface area contributed by atoms with Crippen molar-refractivity contribution in [3.05, 3.63) is 87.3 Å². The lowest BCUT2D eigenvalue weighted by atomic mass is 10.0. The van der Waals surface area contributed by atoms with Crippen LogP contribution in [0.15, 0.2) is 69.4 Å². The average molecular weight is 500 g/mol. The number of para-hydroxylation sites is 1. The van der Waals surface area contributed by atoms with Crippen LogP contribution in [0, 0.1) is 6.92 Å². The number of anilines is 1. The Hall–Kier alpha value is -3.87. The molecule has 2 aliphatic rings. The molecule has 0 unspecified atom stereocenters. The fraction of sp³-hybridized carbons (Fsp3) is 0.367. The molecule has 1 N–H and O–H groups in total. The van der Waals surface area contributed by atoms with Crippen molar-refractivity contribution in [2.24, 2.45) is 0 Å². The molecule has 3 heterocycles. The van der Waals surface area contributed by atoms with E-state index >= 15 is 0 Å². The van der Waals surface area contributed by atoms with E-state index in [-0.39, 0.29) is 17.1 Å². The van der Waals surface area contributed by atoms with Crippen molar-refractivity contribution < 1.29 is 14.0 Å². The third-order valence-electron chi connectivity index (χ3n) is 7.28. The molecule has 0 aliphatic carbocycles. The van der Waals surface area contributed by atoms with Crippen molar-refractivity contribution in [1.29, 1.82) is 0 Å². The Morgan fingerprint density at radius 1 is 1.00 bits per heavy atom. The number of fused-ring (bicyclic) bond motifs is 1. The predicted octanol–water partition coefficient (Wildman–Crippen LogP) is 4.57. The summed E-state index contributed by atoms with van der Waals surface area (Å²) in [5.74, 6) is -0.113. The molecule has 0 spiro atoms. The lowest BCUT2D eigenvalue weighted by molar-refractivity contribution is -0.133. The molecule has 5 rings (SSSR count). The van der Waals surface area contributed by atoms with Crippen LogP contribution in [-0.4, -0.2) is 42.9 Å². The first kappa shape index (κ1) is 24.8. The number of benzene rings is 2. The van der Waals surface area contributed by atoms with Crippen LogP contribution in [0.1, 0.15) is 53.8 Å². The minimum atomic E-state index is -0.393. The van der Waals surface area contributed by atoms with Gasteiger partial charge in [0.05, 0.1) is 5.39 Å². The second-order valence-electron chi connectivity index (χ2n) is 9.94. The molecule has 0 atom stereocenters. The molecule has 2 amide bonds. The van der Waals surface area contributed by atoms with E-state index in [1.807, 2.05) is 24.0 Å². The molecular formula is C30H33N3O4. The minimum absolute atomic E-state index is 0.0263. The highest BCUT2D eigenvalue weighted by Crippen LogP contribution is 2.28. The lowest BCUT2D eigenvalue weighted by Crippen LogP contribution is -2.36. The van der Waals surface area contributed by atoms with Gasteiger partial charge in [0.2, 0.25) is 5.91 Å². The van der Waals surface area contributed by atoms with Crippen molar-refractivity contribution in [3.63, 3.8) is 0 Å². The van der Waals surface area contributed by atoms with Gasteiger partial charge in [0.15, 0.2) is 11.2 Å². The summed E-state index contributed by atoms with van der Waals surface area (Å²) in [4.78, 5) is 41.7. The summed E-state index contributed by atoms with van der Waals surface area (Å²) >= 11 is 0. The Morgan fingerprint density at radius 2 is 1.81 bits per heavy atom. The third-order valence-corrected chi connectivity index (χ3v) is 7.28. The first-order valence-corrected chi connectivity index (χ1v) is 13.1. The molecule has 1 aromatic heterocycles. The van der Waals surface area contributed by atoms with E-state index in [1.165, 1.54) is 22.9 Å². The Bertz CT molecular complexity index is 1400. The SMILES string of the molecule is Cc1ccc2oc(C(=O)NCC=C3CCN(c4ccccc4CN4CCCCC4=O)CC3)cc(=O)c2c1. The van der Waals surface area contributed by atoms with Crippen LogP contribution in [0.25, 0.3) is 11.0 Å². The quantitative estimate of drug-likeness (QED) is 0.503. The summed E-state index contributed by atoms with van der Waals surface area (Å²) in [7, 11) is 0. The van der Waals surface area contributed by atoms with Crippen LogP contribution in [0.2, 0.25) is 0 Å². The fourth-order valence-electron chi connectivity index (χ4n) is 5.18. The minimum Gasteiger partial charge on any atom is -0.451 e. The Morgan fingerprint density at radius 3 is 2.62 bits per heavy atom. The van der Waals surface area contributed by atoms with Gasteiger partial charge in [-0.1, -0.05) is 41.5 Å². The van der Waals surface area contributed by atoms with Gasteiger partial charge in [0.25, 0.3) is 5.91 Å². The molecule has 192 valence electrons. The van der Waals surface area contributed by atoms with Crippen molar-refractivity contribution in [2.75, 3.05) is 31.1 Å². The van der Waals surface area contributed by atoms with Gasteiger partial charge in [-0.05, 0) is 56.4 Å². The number of amides is 2. The summed E-state index contributed by atoms with van der Waals surface area (Å²) in [5.41, 5.74) is 4.87. The summed E-state index contributed by atoms with van der Waals surface area (Å²) < 4.78 is 5.67. The number of piperidine rings is 2. The van der Waals surface area contributed by atoms with Gasteiger partial charge in [-0.2, -0.15) is 0 Å². The number of carbonyl (C=O) groups is 2. The van der Waals surface area contributed by atoms with E-state index in [2.05, 4.69) is 34.5 Å². The second kappa shape index (κ2) is 11.0. The van der Waals surface area contributed by atoms with E-state index in [9.17, 15) is 14.4 Å². The summed E-state index contributed by atoms with van der Waals surface area (Å²) in [5, 5.41) is 3.33. The van der Waals surface area contributed by atoms with E-state index in [0.29, 0.717) is 30.5 Å². The topological polar surface area (TPSA) is 82.9 Å². The number of rotatable bonds is 6. The Labute approximate surface area is 216 Å². The van der Waals surface area contributed by atoms with Crippen LogP contribution in [0.5, 0.6) is 0 Å². The molecule has 0 saturated carbocycles. The zero-order valence-corrected chi connectivity index (χ0v) is 21.3. The summed E-state index contributed by atoms with van der Waals surface area (Å²) in [6.07, 6.45) is 6.62. The van der Waals surface area contributed by atoms with Gasteiger partial charge < -0.3 is 19.5 Å². The maximum Gasteiger partial charge on any atom is 0.287 e. The number of aryl methyl sites for hydroxylation is 1. The highest BCUT2D eigenvalue weighted by Gasteiger charge is 2.22. The van der Waals surface area contributed by atoms with Crippen LogP contribution < -0.4 is 15.6 Å². The van der Waals surface area contributed by atoms with Gasteiger partial charge in [-0.15, -0.1) is 0 Å². The third kappa shape index (κ3) is 5.77. The van der Waals surface area contributed by atoms with Crippen molar-refractivity contribution in [1.82, 2.24) is 10.2 Å². The predicted molar refractivity (Wildman–Crippen MR) is 145 cm³/mol. The standard InChI is InChI=1S/C30H33N3O4/c1-21-9-10-27-24(18-21)26(34)19-28(37-27)30(36)31-14-11-22-12-16-32(17-13-22)25-7-3-2-6-23(25)20-33-15-5-4-8-29(33)35/h2-3,6-7,9-11,18-19H,4-5,8,12-17,20H2,1H3,(H,31,36). The van der Waals surface area contributed by atoms with Gasteiger partial charge >= 0.3 is 0 Å². The molecule has 2 aliphatic heterocycles. The zero-order valence-electron chi connectivity index (χ0n) is 21.3. The number of likely N-dealkylation sites (tertiary alicyclic amines) is 1. The van der Waals surface area contributed by atoms with Crippen LogP contribution in [-0.2, 0) is 11.3 Å². The smallest absolute Gasteiger partial charge is 0.287 e. The Kier molecular flexibility index (Phi) is 7.40. The highest BCUT2D eigenvalue weighted by molar-refractivity contribution is 5.93. The van der Waals surface area contributed by atoms with Crippen molar-refractivity contribution in [3.8, 4) is 0 Å². The van der Waals surface area contributed by atoms with Crippen LogP contribution in [0.4, 0.5) is 5.69 Å². The number of nitrogens with zero attached hydrogens (tertiary/aromatic N) is 2. The largest absolute Gasteiger partial charge is 0.451 e. The molecule has 7 nitrogen and oxygen atoms in total. The number of hydrogen-bond acceptors (Lipinski definition) is 5. The molecule has 2 saturated heterocycles. The molecule has 3 aromatic rings. The fourth-order valence-corrected chi connectivity index (χ4v) is 5.18. The first-order chi connectivity index (χ1) is 18.0. The van der Waals surface area contributed by atoms with Gasteiger partial charge in [0, 0.05) is 50.9 Å². The molecule has 7 heteroatoms. The van der Waals surface area contributed by atoms with Crippen molar-refractivity contribution >= 4 is 28.5 Å². The van der Waals surface area contributed by atoms with E-state index < -0.39 is 5.91 Å². The molecule has 0 radical (unpaired) electrons. The molecule has 2 aromatic carbocycles. The molecular weight excluding hydrogens is 466 g/mol. The first-order valence-electron chi connectivity index (χ1n) is 13.1. The van der Waals surface area contributed by atoms with E-state index in [1.54, 1.807) is 12.1 Å². The molecule has 2 fully saturated rings. The van der Waals surface area contributed by atoms with Gasteiger partial charge in [0.1, 0.15) is 5.58 Å². The zero-order chi connectivity index (χ0) is 25.8. The van der Waals surface area contributed by atoms with Crippen molar-refractivity contribution in [2.45, 2.75) is 45.6 Å². The maximum absolute atomic E-state index is 12.6. The second-order valence-corrected chi connectivity index (χ2v) is 9.94. The highest BCUT2D eigenvalue weighted by atomic mass is 16.3. The summed E-state index contributed by atoms with van der Waals surface area (Å²) in [6, 6.07) is 15.0. The van der Waals surface area contributed by atoms with E-state index in [0.717, 1.165) is 50.9 Å². The molecule has 0 bridgehead atoms. The summed E-state index contributed by atoms with van der Waals surface area (Å²) in [6.45, 7) is 5.59. The monoisotopic (exact) mass is 499 g/mol. The van der Waals surface area contributed by atoms with E-state index in [4.69, 9.17) is 4.42 Å². The van der Waals surface area contributed by atoms with Crippen LogP contribution >= 0.6 is 0 Å².